The highest BCUT2D eigenvalue weighted by Crippen LogP contribution is 2.01. The Bertz CT molecular complexity index is 692. The van der Waals surface area contributed by atoms with Gasteiger partial charge >= 0.3 is 5.97 Å². The van der Waals surface area contributed by atoms with Crippen LogP contribution in [0.5, 0.6) is 0 Å². The van der Waals surface area contributed by atoms with Crippen molar-refractivity contribution in [2.75, 3.05) is 7.11 Å². The van der Waals surface area contributed by atoms with E-state index in [1.54, 1.807) is 6.07 Å². The van der Waals surface area contributed by atoms with Gasteiger partial charge in [-0.2, -0.15) is 0 Å². The number of esters is 1. The standard InChI is InChI=1S/C11H11N3O4/c1-18-10(17)5-4-9(16)11-8(15)3-2-7-6-12-13-14(7)11/h2-3,6,16H,4-5H2,1H3. The van der Waals surface area contributed by atoms with Crippen LogP contribution < -0.4 is 10.8 Å². The van der Waals surface area contributed by atoms with Gasteiger partial charge in [0.15, 0.2) is 5.35 Å². The molecule has 0 aliphatic carbocycles. The molecule has 0 aliphatic heterocycles. The number of hydrogen-bond acceptors (Lipinski definition) is 6. The molecular formula is C11H11N3O4. The predicted octanol–water partition coefficient (Wildman–Crippen LogP) is -0.572. The highest BCUT2D eigenvalue weighted by molar-refractivity contribution is 5.70. The van der Waals surface area contributed by atoms with Gasteiger partial charge in [0.25, 0.3) is 0 Å². The van der Waals surface area contributed by atoms with E-state index in [0.29, 0.717) is 5.52 Å². The smallest absolute Gasteiger partial charge is 0.305 e. The molecule has 0 amide bonds. The van der Waals surface area contributed by atoms with Crippen LogP contribution in [0.1, 0.15) is 12.8 Å². The maximum atomic E-state index is 11.7. The molecule has 0 saturated heterocycles. The molecule has 0 spiro atoms. The van der Waals surface area contributed by atoms with E-state index in [9.17, 15) is 14.7 Å². The van der Waals surface area contributed by atoms with Gasteiger partial charge in [-0.1, -0.05) is 5.21 Å². The highest BCUT2D eigenvalue weighted by atomic mass is 16.5. The summed E-state index contributed by atoms with van der Waals surface area (Å²) in [5.74, 6) is -0.665. The van der Waals surface area contributed by atoms with E-state index >= 15 is 0 Å². The van der Waals surface area contributed by atoms with Crippen LogP contribution in [-0.2, 0) is 9.53 Å². The number of methoxy groups -OCH3 is 1. The third kappa shape index (κ3) is 2.15. The van der Waals surface area contributed by atoms with E-state index in [4.69, 9.17) is 0 Å². The summed E-state index contributed by atoms with van der Waals surface area (Å²) in [6.07, 6.45) is 1.48. The summed E-state index contributed by atoms with van der Waals surface area (Å²) < 4.78 is 5.71. The molecule has 0 fully saturated rings. The first kappa shape index (κ1) is 12.0. The molecule has 18 heavy (non-hydrogen) atoms. The van der Waals surface area contributed by atoms with Crippen molar-refractivity contribution in [3.8, 4) is 0 Å². The van der Waals surface area contributed by atoms with Gasteiger partial charge in [-0.25, -0.2) is 4.52 Å². The lowest BCUT2D eigenvalue weighted by atomic mass is 10.2. The molecule has 0 unspecified atom stereocenters. The second kappa shape index (κ2) is 4.82. The van der Waals surface area contributed by atoms with Gasteiger partial charge in [-0.15, -0.1) is 5.10 Å². The molecule has 7 nitrogen and oxygen atoms in total. The van der Waals surface area contributed by atoms with E-state index in [1.165, 1.54) is 23.9 Å². The lowest BCUT2D eigenvalue weighted by Crippen LogP contribution is -2.33. The van der Waals surface area contributed by atoms with Crippen LogP contribution in [0, 0.1) is 0 Å². The molecule has 94 valence electrons. The van der Waals surface area contributed by atoms with Gasteiger partial charge in [-0.05, 0) is 12.1 Å². The number of aliphatic hydroxyl groups is 1. The minimum absolute atomic E-state index is 0.00709. The Morgan fingerprint density at radius 3 is 2.94 bits per heavy atom. The van der Waals surface area contributed by atoms with Gasteiger partial charge < -0.3 is 9.84 Å². The number of rotatable bonds is 3. The van der Waals surface area contributed by atoms with Crippen LogP contribution in [0.3, 0.4) is 0 Å². The molecule has 2 aromatic rings. The molecule has 2 aromatic heterocycles. The topological polar surface area (TPSA) is 93.8 Å². The fourth-order valence-corrected chi connectivity index (χ4v) is 1.58. The summed E-state index contributed by atoms with van der Waals surface area (Å²) >= 11 is 0. The summed E-state index contributed by atoms with van der Waals surface area (Å²) in [6.45, 7) is 0. The average Bonchev–Trinajstić information content (AvgIpc) is 2.83. The lowest BCUT2D eigenvalue weighted by molar-refractivity contribution is -0.140. The first-order valence-electron chi connectivity index (χ1n) is 5.26. The Kier molecular flexibility index (Phi) is 3.22. The van der Waals surface area contributed by atoms with Crippen molar-refractivity contribution < 1.29 is 14.6 Å². The van der Waals surface area contributed by atoms with Gasteiger partial charge in [0.05, 0.1) is 25.2 Å². The number of pyridine rings is 1. The first-order chi connectivity index (χ1) is 8.63. The van der Waals surface area contributed by atoms with Crippen LogP contribution in [0.4, 0.5) is 0 Å². The molecule has 1 N–H and O–H groups in total. The lowest BCUT2D eigenvalue weighted by Gasteiger charge is -2.00. The molecule has 0 aromatic carbocycles. The number of carbonyl (C=O) groups is 1. The maximum Gasteiger partial charge on any atom is 0.305 e. The normalized spacial score (nSPS) is 12.5. The Labute approximate surface area is 101 Å². The number of hydrogen-bond donors (Lipinski definition) is 1. The predicted molar refractivity (Wildman–Crippen MR) is 61.8 cm³/mol. The fraction of sp³-hybridized carbons (Fsp3) is 0.273. The van der Waals surface area contributed by atoms with Crippen LogP contribution in [0.2, 0.25) is 0 Å². The summed E-state index contributed by atoms with van der Waals surface area (Å²) in [4.78, 5) is 22.7. The molecule has 0 bridgehead atoms. The van der Waals surface area contributed by atoms with Crippen molar-refractivity contribution in [3.05, 3.63) is 33.9 Å². The summed E-state index contributed by atoms with van der Waals surface area (Å²) in [5, 5.41) is 17.3. The monoisotopic (exact) mass is 249 g/mol. The van der Waals surface area contributed by atoms with Crippen molar-refractivity contribution in [2.45, 2.75) is 12.8 Å². The number of fused-ring (bicyclic) bond motifs is 1. The fourth-order valence-electron chi connectivity index (χ4n) is 1.58. The van der Waals surface area contributed by atoms with E-state index in [1.807, 2.05) is 0 Å². The van der Waals surface area contributed by atoms with Crippen LogP contribution in [-0.4, -0.2) is 33.0 Å². The molecule has 7 heteroatoms. The third-order valence-electron chi connectivity index (χ3n) is 2.49. The maximum absolute atomic E-state index is 11.7. The first-order valence-corrected chi connectivity index (χ1v) is 5.26. The second-order valence-corrected chi connectivity index (χ2v) is 3.64. The van der Waals surface area contributed by atoms with Crippen molar-refractivity contribution in [2.24, 2.45) is 0 Å². The molecule has 0 atom stereocenters. The van der Waals surface area contributed by atoms with Crippen molar-refractivity contribution in [3.63, 3.8) is 0 Å². The SMILES string of the molecule is COC(=O)CCC(O)=c1c(=O)ccc2cnnn12. The van der Waals surface area contributed by atoms with Gasteiger partial charge in [-0.3, -0.25) is 9.59 Å². The van der Waals surface area contributed by atoms with Gasteiger partial charge in [0.2, 0.25) is 5.43 Å². The van der Waals surface area contributed by atoms with Crippen LogP contribution in [0.25, 0.3) is 11.3 Å². The number of nitrogens with zero attached hydrogens (tertiary/aromatic N) is 3. The number of aliphatic hydroxyl groups excluding tert-OH is 1. The van der Waals surface area contributed by atoms with Crippen molar-refractivity contribution >= 4 is 17.2 Å². The minimum atomic E-state index is -0.459. The Morgan fingerprint density at radius 2 is 2.22 bits per heavy atom. The van der Waals surface area contributed by atoms with E-state index in [-0.39, 0.29) is 29.4 Å². The molecule has 0 radical (unpaired) electrons. The molecular weight excluding hydrogens is 238 g/mol. The van der Waals surface area contributed by atoms with E-state index < -0.39 is 5.97 Å². The van der Waals surface area contributed by atoms with Crippen molar-refractivity contribution in [1.29, 1.82) is 0 Å². The van der Waals surface area contributed by atoms with Crippen LogP contribution >= 0.6 is 0 Å². The quantitative estimate of drug-likeness (QED) is 0.732. The zero-order valence-corrected chi connectivity index (χ0v) is 9.66. The van der Waals surface area contributed by atoms with Gasteiger partial charge in [0, 0.05) is 6.42 Å². The second-order valence-electron chi connectivity index (χ2n) is 3.64. The van der Waals surface area contributed by atoms with E-state index in [0.717, 1.165) is 0 Å². The van der Waals surface area contributed by atoms with Gasteiger partial charge in [0.1, 0.15) is 5.76 Å². The highest BCUT2D eigenvalue weighted by Gasteiger charge is 2.08. The summed E-state index contributed by atoms with van der Waals surface area (Å²) in [6, 6.07) is 2.88. The largest absolute Gasteiger partial charge is 0.510 e. The molecule has 2 rings (SSSR count). The Balaban J connectivity index is 2.50. The number of aromatic nitrogens is 3. The number of ether oxygens (including phenoxy) is 1. The average molecular weight is 249 g/mol. The Morgan fingerprint density at radius 1 is 1.44 bits per heavy atom. The third-order valence-corrected chi connectivity index (χ3v) is 2.49. The van der Waals surface area contributed by atoms with Crippen LogP contribution in [0.15, 0.2) is 23.1 Å². The summed E-state index contributed by atoms with van der Waals surface area (Å²) in [5.41, 5.74) is 0.213. The van der Waals surface area contributed by atoms with E-state index in [2.05, 4.69) is 15.0 Å². The zero-order valence-electron chi connectivity index (χ0n) is 9.66. The summed E-state index contributed by atoms with van der Waals surface area (Å²) in [7, 11) is 1.26. The molecule has 0 aliphatic rings. The Hall–Kier alpha value is -2.44. The number of carbonyl (C=O) groups excluding carboxylic acids is 1. The molecule has 2 heterocycles. The zero-order chi connectivity index (χ0) is 13.1. The molecule has 0 saturated carbocycles. The van der Waals surface area contributed by atoms with Crippen molar-refractivity contribution in [1.82, 2.24) is 14.8 Å². The minimum Gasteiger partial charge on any atom is -0.510 e.